The zero-order valence-corrected chi connectivity index (χ0v) is 11.9. The Labute approximate surface area is 119 Å². The Morgan fingerprint density at radius 3 is 2.84 bits per heavy atom. The molecule has 0 aliphatic heterocycles. The van der Waals surface area contributed by atoms with Crippen LogP contribution in [0.25, 0.3) is 0 Å². The van der Waals surface area contributed by atoms with E-state index in [9.17, 15) is 0 Å². The van der Waals surface area contributed by atoms with Crippen molar-refractivity contribution in [1.29, 1.82) is 0 Å². The SMILES string of the molecule is Cc1cccc(CN(C)c2cnccc2C(N)=S)c1. The van der Waals surface area contributed by atoms with Gasteiger partial charge in [-0.1, -0.05) is 42.0 Å². The molecule has 2 N–H and O–H groups in total. The molecular weight excluding hydrogens is 254 g/mol. The van der Waals surface area contributed by atoms with Crippen LogP contribution in [0.5, 0.6) is 0 Å². The van der Waals surface area contributed by atoms with Crippen LogP contribution >= 0.6 is 12.2 Å². The minimum atomic E-state index is 0.397. The van der Waals surface area contributed by atoms with Crippen molar-refractivity contribution in [3.8, 4) is 0 Å². The summed E-state index contributed by atoms with van der Waals surface area (Å²) in [4.78, 5) is 6.66. The molecule has 1 aromatic carbocycles. The average Bonchev–Trinajstić information content (AvgIpc) is 2.38. The van der Waals surface area contributed by atoms with Crippen LogP contribution in [0.3, 0.4) is 0 Å². The van der Waals surface area contributed by atoms with Gasteiger partial charge < -0.3 is 10.6 Å². The molecule has 98 valence electrons. The van der Waals surface area contributed by atoms with Crippen molar-refractivity contribution in [3.05, 3.63) is 59.4 Å². The number of hydrogen-bond donors (Lipinski definition) is 1. The number of anilines is 1. The van der Waals surface area contributed by atoms with Gasteiger partial charge >= 0.3 is 0 Å². The number of nitrogens with zero attached hydrogens (tertiary/aromatic N) is 2. The summed E-state index contributed by atoms with van der Waals surface area (Å²) in [5, 5.41) is 0. The number of aromatic nitrogens is 1. The largest absolute Gasteiger partial charge is 0.389 e. The molecule has 0 unspecified atom stereocenters. The molecule has 4 heteroatoms. The third-order valence-corrected chi connectivity index (χ3v) is 3.20. The second-order valence-electron chi connectivity index (χ2n) is 4.60. The van der Waals surface area contributed by atoms with E-state index in [0.717, 1.165) is 17.8 Å². The Bertz CT molecular complexity index is 595. The molecule has 2 aromatic rings. The molecule has 19 heavy (non-hydrogen) atoms. The molecule has 0 fully saturated rings. The third-order valence-electron chi connectivity index (χ3n) is 2.98. The van der Waals surface area contributed by atoms with Gasteiger partial charge in [0.1, 0.15) is 4.99 Å². The smallest absolute Gasteiger partial charge is 0.106 e. The maximum atomic E-state index is 5.75. The van der Waals surface area contributed by atoms with Gasteiger partial charge in [0.2, 0.25) is 0 Å². The van der Waals surface area contributed by atoms with Crippen molar-refractivity contribution in [3.63, 3.8) is 0 Å². The van der Waals surface area contributed by atoms with Crippen molar-refractivity contribution in [2.24, 2.45) is 5.73 Å². The summed E-state index contributed by atoms with van der Waals surface area (Å²) in [5.74, 6) is 0. The van der Waals surface area contributed by atoms with E-state index in [1.807, 2.05) is 13.1 Å². The molecule has 3 nitrogen and oxygen atoms in total. The molecule has 0 amide bonds. The highest BCUT2D eigenvalue weighted by Crippen LogP contribution is 2.20. The highest BCUT2D eigenvalue weighted by atomic mass is 32.1. The van der Waals surface area contributed by atoms with Gasteiger partial charge in [0.15, 0.2) is 0 Å². The molecule has 0 aliphatic carbocycles. The van der Waals surface area contributed by atoms with E-state index in [4.69, 9.17) is 18.0 Å². The van der Waals surface area contributed by atoms with Crippen molar-refractivity contribution in [2.75, 3.05) is 11.9 Å². The van der Waals surface area contributed by atoms with Gasteiger partial charge in [0, 0.05) is 25.4 Å². The first kappa shape index (κ1) is 13.5. The lowest BCUT2D eigenvalue weighted by Gasteiger charge is -2.21. The van der Waals surface area contributed by atoms with Crippen molar-refractivity contribution < 1.29 is 0 Å². The molecule has 0 spiro atoms. The van der Waals surface area contributed by atoms with Crippen LogP contribution in [0.1, 0.15) is 16.7 Å². The van der Waals surface area contributed by atoms with E-state index >= 15 is 0 Å². The van der Waals surface area contributed by atoms with Crippen molar-refractivity contribution in [2.45, 2.75) is 13.5 Å². The van der Waals surface area contributed by atoms with Crippen LogP contribution in [0.2, 0.25) is 0 Å². The Morgan fingerprint density at radius 2 is 2.16 bits per heavy atom. The molecule has 1 heterocycles. The number of aryl methyl sites for hydroxylation is 1. The number of benzene rings is 1. The summed E-state index contributed by atoms with van der Waals surface area (Å²) >= 11 is 5.08. The second-order valence-corrected chi connectivity index (χ2v) is 5.04. The number of pyridine rings is 1. The summed E-state index contributed by atoms with van der Waals surface area (Å²) in [6, 6.07) is 10.3. The summed E-state index contributed by atoms with van der Waals surface area (Å²) < 4.78 is 0. The minimum Gasteiger partial charge on any atom is -0.389 e. The van der Waals surface area contributed by atoms with Crippen LogP contribution in [-0.4, -0.2) is 17.0 Å². The van der Waals surface area contributed by atoms with E-state index in [2.05, 4.69) is 41.1 Å². The van der Waals surface area contributed by atoms with E-state index in [-0.39, 0.29) is 0 Å². The lowest BCUT2D eigenvalue weighted by atomic mass is 10.1. The molecule has 0 bridgehead atoms. The molecule has 0 radical (unpaired) electrons. The van der Waals surface area contributed by atoms with Crippen LogP contribution in [0, 0.1) is 6.92 Å². The summed E-state index contributed by atoms with van der Waals surface area (Å²) in [6.07, 6.45) is 3.50. The van der Waals surface area contributed by atoms with E-state index in [0.29, 0.717) is 4.99 Å². The highest BCUT2D eigenvalue weighted by Gasteiger charge is 2.10. The van der Waals surface area contributed by atoms with Crippen LogP contribution in [0.4, 0.5) is 5.69 Å². The lowest BCUT2D eigenvalue weighted by Crippen LogP contribution is -2.21. The van der Waals surface area contributed by atoms with Gasteiger partial charge in [0.05, 0.1) is 11.9 Å². The molecule has 0 atom stereocenters. The van der Waals surface area contributed by atoms with Gasteiger partial charge in [-0.25, -0.2) is 0 Å². The number of hydrogen-bond acceptors (Lipinski definition) is 3. The van der Waals surface area contributed by atoms with E-state index in [1.54, 1.807) is 12.4 Å². The van der Waals surface area contributed by atoms with Crippen LogP contribution < -0.4 is 10.6 Å². The Hall–Kier alpha value is -1.94. The predicted octanol–water partition coefficient (Wildman–Crippen LogP) is 2.66. The molecule has 1 aromatic heterocycles. The molecule has 0 saturated heterocycles. The fourth-order valence-electron chi connectivity index (χ4n) is 2.07. The average molecular weight is 271 g/mol. The normalized spacial score (nSPS) is 10.2. The second kappa shape index (κ2) is 5.80. The monoisotopic (exact) mass is 271 g/mol. The number of rotatable bonds is 4. The Morgan fingerprint density at radius 1 is 1.37 bits per heavy atom. The highest BCUT2D eigenvalue weighted by molar-refractivity contribution is 7.80. The van der Waals surface area contributed by atoms with Crippen molar-refractivity contribution in [1.82, 2.24) is 4.98 Å². The molecule has 0 aliphatic rings. The quantitative estimate of drug-likeness (QED) is 0.868. The fraction of sp³-hybridized carbons (Fsp3) is 0.200. The topological polar surface area (TPSA) is 42.2 Å². The molecule has 0 saturated carbocycles. The van der Waals surface area contributed by atoms with Gasteiger partial charge in [-0.2, -0.15) is 0 Å². The summed E-state index contributed by atoms with van der Waals surface area (Å²) in [7, 11) is 2.02. The van der Waals surface area contributed by atoms with Gasteiger partial charge in [-0.3, -0.25) is 4.98 Å². The molecular formula is C15H17N3S. The first-order valence-electron chi connectivity index (χ1n) is 6.08. The van der Waals surface area contributed by atoms with E-state index in [1.165, 1.54) is 11.1 Å². The summed E-state index contributed by atoms with van der Waals surface area (Å²) in [6.45, 7) is 2.89. The Balaban J connectivity index is 2.25. The van der Waals surface area contributed by atoms with Crippen LogP contribution in [0.15, 0.2) is 42.7 Å². The predicted molar refractivity (Wildman–Crippen MR) is 83.4 cm³/mol. The van der Waals surface area contributed by atoms with Gasteiger partial charge in [0.25, 0.3) is 0 Å². The van der Waals surface area contributed by atoms with Gasteiger partial charge in [-0.15, -0.1) is 0 Å². The maximum Gasteiger partial charge on any atom is 0.106 e. The number of nitrogens with two attached hydrogens (primary N) is 1. The van der Waals surface area contributed by atoms with E-state index < -0.39 is 0 Å². The summed E-state index contributed by atoms with van der Waals surface area (Å²) in [5.41, 5.74) is 10.1. The van der Waals surface area contributed by atoms with Gasteiger partial charge in [-0.05, 0) is 18.6 Å². The fourth-order valence-corrected chi connectivity index (χ4v) is 2.24. The first-order chi connectivity index (χ1) is 9.08. The maximum absolute atomic E-state index is 5.75. The third kappa shape index (κ3) is 3.29. The minimum absolute atomic E-state index is 0.397. The zero-order valence-electron chi connectivity index (χ0n) is 11.1. The Kier molecular flexibility index (Phi) is 4.12. The lowest BCUT2D eigenvalue weighted by molar-refractivity contribution is 0.915. The number of thiocarbonyl (C=S) groups is 1. The zero-order chi connectivity index (χ0) is 13.8. The first-order valence-corrected chi connectivity index (χ1v) is 6.49. The standard InChI is InChI=1S/C15H17N3S/c1-11-4-3-5-12(8-11)10-18(2)14-9-17-7-6-13(14)15(16)19/h3-9H,10H2,1-2H3,(H2,16,19). The molecule has 2 rings (SSSR count). The van der Waals surface area contributed by atoms with Crippen LogP contribution in [-0.2, 0) is 6.54 Å². The van der Waals surface area contributed by atoms with Crippen molar-refractivity contribution >= 4 is 22.9 Å².